The van der Waals surface area contributed by atoms with Crippen molar-refractivity contribution in [3.63, 3.8) is 0 Å². The molecular formula is C16H26Cl2S. The van der Waals surface area contributed by atoms with Crippen LogP contribution < -0.4 is 0 Å². The number of unbranched alkanes of at least 4 members (excludes halogenated alkanes) is 8. The maximum Gasteiger partial charge on any atom is 0.0931 e. The summed E-state index contributed by atoms with van der Waals surface area (Å²) in [6.07, 6.45) is 13.4. The summed E-state index contributed by atoms with van der Waals surface area (Å²) >= 11 is 13.9. The van der Waals surface area contributed by atoms with Gasteiger partial charge in [-0.2, -0.15) is 0 Å². The number of thiophene rings is 1. The van der Waals surface area contributed by atoms with E-state index in [-0.39, 0.29) is 5.38 Å². The molecule has 0 aliphatic heterocycles. The van der Waals surface area contributed by atoms with Gasteiger partial charge in [0.2, 0.25) is 0 Å². The lowest BCUT2D eigenvalue weighted by Crippen LogP contribution is -1.87. The summed E-state index contributed by atoms with van der Waals surface area (Å²) in [5.41, 5.74) is 0. The summed E-state index contributed by atoms with van der Waals surface area (Å²) in [5.74, 6) is 0. The molecule has 1 heterocycles. The van der Waals surface area contributed by atoms with Crippen molar-refractivity contribution in [3.8, 4) is 0 Å². The summed E-state index contributed by atoms with van der Waals surface area (Å²) < 4.78 is 0.840. The molecule has 0 saturated carbocycles. The Morgan fingerprint density at radius 3 is 2.05 bits per heavy atom. The average Bonchev–Trinajstić information content (AvgIpc) is 2.83. The van der Waals surface area contributed by atoms with Crippen molar-refractivity contribution >= 4 is 34.5 Å². The standard InChI is InChI=1S/C16H26Cl2S/c1-2-3-4-5-6-7-8-9-10-11-14(17)15-12-13-16(18)19-15/h12-14H,2-11H2,1H3. The highest BCUT2D eigenvalue weighted by molar-refractivity contribution is 7.16. The second-order valence-electron chi connectivity index (χ2n) is 5.23. The van der Waals surface area contributed by atoms with Crippen molar-refractivity contribution in [1.82, 2.24) is 0 Å². The molecule has 0 aliphatic carbocycles. The molecular weight excluding hydrogens is 295 g/mol. The fourth-order valence-electron chi connectivity index (χ4n) is 2.27. The number of hydrogen-bond acceptors (Lipinski definition) is 1. The van der Waals surface area contributed by atoms with Gasteiger partial charge in [-0.05, 0) is 18.6 Å². The lowest BCUT2D eigenvalue weighted by Gasteiger charge is -2.06. The molecule has 0 amide bonds. The monoisotopic (exact) mass is 320 g/mol. The summed E-state index contributed by atoms with van der Waals surface area (Å²) in [6.45, 7) is 2.27. The molecule has 0 radical (unpaired) electrons. The van der Waals surface area contributed by atoms with Gasteiger partial charge in [0.15, 0.2) is 0 Å². The van der Waals surface area contributed by atoms with Gasteiger partial charge in [0.25, 0.3) is 0 Å². The molecule has 0 N–H and O–H groups in total. The van der Waals surface area contributed by atoms with Crippen LogP contribution in [0.3, 0.4) is 0 Å². The zero-order chi connectivity index (χ0) is 13.9. The lowest BCUT2D eigenvalue weighted by molar-refractivity contribution is 0.555. The Hall–Kier alpha value is 0.280. The Kier molecular flexibility index (Phi) is 10.0. The van der Waals surface area contributed by atoms with Crippen molar-refractivity contribution in [1.29, 1.82) is 0 Å². The molecule has 3 heteroatoms. The first kappa shape index (κ1) is 17.3. The zero-order valence-corrected chi connectivity index (χ0v) is 14.3. The van der Waals surface area contributed by atoms with Crippen molar-refractivity contribution in [2.45, 2.75) is 76.5 Å². The Morgan fingerprint density at radius 1 is 0.947 bits per heavy atom. The molecule has 1 aromatic heterocycles. The molecule has 1 unspecified atom stereocenters. The minimum atomic E-state index is 0.155. The first-order chi connectivity index (χ1) is 9.24. The van der Waals surface area contributed by atoms with Crippen molar-refractivity contribution in [2.24, 2.45) is 0 Å². The Morgan fingerprint density at radius 2 is 1.53 bits per heavy atom. The SMILES string of the molecule is CCCCCCCCCCCC(Cl)c1ccc(Cl)s1. The first-order valence-corrected chi connectivity index (χ1v) is 9.26. The molecule has 0 aliphatic rings. The Balaban J connectivity index is 1.93. The number of alkyl halides is 1. The highest BCUT2D eigenvalue weighted by atomic mass is 35.5. The van der Waals surface area contributed by atoms with Gasteiger partial charge in [0.1, 0.15) is 0 Å². The summed E-state index contributed by atoms with van der Waals surface area (Å²) in [4.78, 5) is 1.21. The molecule has 0 aromatic carbocycles. The second kappa shape index (κ2) is 11.0. The largest absolute Gasteiger partial charge is 0.127 e. The van der Waals surface area contributed by atoms with E-state index in [4.69, 9.17) is 23.2 Å². The third-order valence-corrected chi connectivity index (χ3v) is 5.39. The molecule has 110 valence electrons. The van der Waals surface area contributed by atoms with Gasteiger partial charge in [-0.1, -0.05) is 76.3 Å². The van der Waals surface area contributed by atoms with Crippen LogP contribution in [0, 0.1) is 0 Å². The fourth-order valence-corrected chi connectivity index (χ4v) is 3.71. The Bertz CT molecular complexity index is 322. The molecule has 1 rings (SSSR count). The zero-order valence-electron chi connectivity index (χ0n) is 12.0. The average molecular weight is 321 g/mol. The van der Waals surface area contributed by atoms with E-state index in [1.807, 2.05) is 6.07 Å². The van der Waals surface area contributed by atoms with Crippen LogP contribution in [0.1, 0.15) is 81.4 Å². The molecule has 0 bridgehead atoms. The van der Waals surface area contributed by atoms with E-state index in [0.717, 1.165) is 10.8 Å². The molecule has 0 spiro atoms. The predicted octanol–water partition coefficient (Wildman–Crippen LogP) is 7.60. The summed E-state index contributed by atoms with van der Waals surface area (Å²) in [7, 11) is 0. The molecule has 1 aromatic rings. The highest BCUT2D eigenvalue weighted by Gasteiger charge is 2.09. The van der Waals surface area contributed by atoms with Crippen LogP contribution in [0.25, 0.3) is 0 Å². The minimum absolute atomic E-state index is 0.155. The molecule has 19 heavy (non-hydrogen) atoms. The maximum absolute atomic E-state index is 6.37. The number of halogens is 2. The van der Waals surface area contributed by atoms with E-state index in [1.54, 1.807) is 11.3 Å². The van der Waals surface area contributed by atoms with Gasteiger partial charge in [-0.3, -0.25) is 0 Å². The quantitative estimate of drug-likeness (QED) is 0.291. The van der Waals surface area contributed by atoms with Gasteiger partial charge < -0.3 is 0 Å². The second-order valence-corrected chi connectivity index (χ2v) is 7.50. The van der Waals surface area contributed by atoms with Gasteiger partial charge in [-0.15, -0.1) is 22.9 Å². The van der Waals surface area contributed by atoms with Crippen LogP contribution in [0.2, 0.25) is 4.34 Å². The number of rotatable bonds is 11. The third-order valence-electron chi connectivity index (χ3n) is 3.46. The van der Waals surface area contributed by atoms with Crippen LogP contribution in [0.5, 0.6) is 0 Å². The first-order valence-electron chi connectivity index (χ1n) is 7.63. The predicted molar refractivity (Wildman–Crippen MR) is 89.8 cm³/mol. The number of hydrogen-bond donors (Lipinski definition) is 0. The van der Waals surface area contributed by atoms with Crippen LogP contribution in [0.4, 0.5) is 0 Å². The van der Waals surface area contributed by atoms with Gasteiger partial charge in [0.05, 0.1) is 9.71 Å². The van der Waals surface area contributed by atoms with Crippen molar-refractivity contribution < 1.29 is 0 Å². The van der Waals surface area contributed by atoms with Gasteiger partial charge in [0, 0.05) is 4.88 Å². The van der Waals surface area contributed by atoms with E-state index < -0.39 is 0 Å². The maximum atomic E-state index is 6.37. The van der Waals surface area contributed by atoms with Crippen LogP contribution in [-0.4, -0.2) is 0 Å². The minimum Gasteiger partial charge on any atom is -0.127 e. The smallest absolute Gasteiger partial charge is 0.0931 e. The van der Waals surface area contributed by atoms with E-state index in [9.17, 15) is 0 Å². The summed E-state index contributed by atoms with van der Waals surface area (Å²) in [5, 5.41) is 0.155. The van der Waals surface area contributed by atoms with Crippen LogP contribution in [0.15, 0.2) is 12.1 Å². The molecule has 0 saturated heterocycles. The topological polar surface area (TPSA) is 0 Å². The fraction of sp³-hybridized carbons (Fsp3) is 0.750. The highest BCUT2D eigenvalue weighted by Crippen LogP contribution is 2.34. The van der Waals surface area contributed by atoms with E-state index in [0.29, 0.717) is 0 Å². The van der Waals surface area contributed by atoms with Crippen molar-refractivity contribution in [2.75, 3.05) is 0 Å². The molecule has 0 nitrogen and oxygen atoms in total. The normalized spacial score (nSPS) is 12.8. The van der Waals surface area contributed by atoms with Crippen LogP contribution in [-0.2, 0) is 0 Å². The van der Waals surface area contributed by atoms with Gasteiger partial charge >= 0.3 is 0 Å². The molecule has 0 fully saturated rings. The van der Waals surface area contributed by atoms with Crippen LogP contribution >= 0.6 is 34.5 Å². The van der Waals surface area contributed by atoms with E-state index in [2.05, 4.69) is 13.0 Å². The van der Waals surface area contributed by atoms with E-state index >= 15 is 0 Å². The molecule has 1 atom stereocenters. The van der Waals surface area contributed by atoms with E-state index in [1.165, 1.54) is 62.7 Å². The Labute approximate surface area is 132 Å². The van der Waals surface area contributed by atoms with Crippen molar-refractivity contribution in [3.05, 3.63) is 21.3 Å². The third kappa shape index (κ3) is 8.22. The lowest BCUT2D eigenvalue weighted by atomic mass is 10.1. The van der Waals surface area contributed by atoms with Gasteiger partial charge in [-0.25, -0.2) is 0 Å². The summed E-state index contributed by atoms with van der Waals surface area (Å²) in [6, 6.07) is 3.99.